The van der Waals surface area contributed by atoms with Gasteiger partial charge >= 0.3 is 0 Å². The molecule has 1 nitrogen and oxygen atoms in total. The Kier molecular flexibility index (Phi) is 3.57. The first kappa shape index (κ1) is 4.31. The highest BCUT2D eigenvalue weighted by molar-refractivity contribution is 7.98. The van der Waals surface area contributed by atoms with Gasteiger partial charge in [0.25, 0.3) is 0 Å². The van der Waals surface area contributed by atoms with Crippen molar-refractivity contribution in [2.75, 3.05) is 12.2 Å². The second-order valence-electron chi connectivity index (χ2n) is 0.418. The molecule has 0 rings (SSSR count). The van der Waals surface area contributed by atoms with Crippen molar-refractivity contribution in [1.29, 1.82) is 0 Å². The fourth-order valence-electron chi connectivity index (χ4n) is 0. The van der Waals surface area contributed by atoms with E-state index in [9.17, 15) is 0 Å². The molecule has 0 aliphatic rings. The average molecular weight is 78.1 g/mol. The lowest BCUT2D eigenvalue weighted by Crippen LogP contribution is -1.61. The van der Waals surface area contributed by atoms with Crippen LogP contribution < -0.4 is 0 Å². The van der Waals surface area contributed by atoms with Crippen LogP contribution in [-0.2, 0) is 0 Å². The predicted octanol–water partition coefficient (Wildman–Crippen LogP) is 0.299. The molecule has 0 aliphatic heterocycles. The molecule has 2 heteroatoms. The van der Waals surface area contributed by atoms with E-state index in [1.54, 1.807) is 0 Å². The molecule has 4 heavy (non-hydrogen) atoms. The SMILES string of the molecule is CSCO. The molecule has 0 aromatic rings. The first-order valence-corrected chi connectivity index (χ1v) is 2.41. The van der Waals surface area contributed by atoms with Crippen LogP contribution in [0.2, 0.25) is 0 Å². The molecule has 26 valence electrons. The van der Waals surface area contributed by atoms with E-state index in [-0.39, 0.29) is 5.94 Å². The summed E-state index contributed by atoms with van der Waals surface area (Å²) in [6, 6.07) is 0. The van der Waals surface area contributed by atoms with E-state index in [1.807, 2.05) is 6.26 Å². The Bertz CT molecular complexity index is 8.00. The Hall–Kier alpha value is 0.310. The first-order chi connectivity index (χ1) is 1.91. The van der Waals surface area contributed by atoms with Crippen molar-refractivity contribution in [2.24, 2.45) is 0 Å². The Morgan fingerprint density at radius 2 is 2.25 bits per heavy atom. The molecule has 0 saturated heterocycles. The number of aliphatic hydroxyl groups is 1. The van der Waals surface area contributed by atoms with Gasteiger partial charge in [-0.25, -0.2) is 0 Å². The standard InChI is InChI=1S/C2H6OS/c1-4-2-3/h3H,2H2,1H3. The molecular formula is C2H6OS. The van der Waals surface area contributed by atoms with Gasteiger partial charge in [0.2, 0.25) is 0 Å². The molecule has 0 heterocycles. The van der Waals surface area contributed by atoms with Crippen LogP contribution in [0.25, 0.3) is 0 Å². The summed E-state index contributed by atoms with van der Waals surface area (Å²) in [7, 11) is 0. The Morgan fingerprint density at radius 1 is 2.00 bits per heavy atom. The molecule has 0 aromatic heterocycles. The normalized spacial score (nSPS) is 7.50. The monoisotopic (exact) mass is 78.0 g/mol. The average Bonchev–Trinajstić information content (AvgIpc) is 1.37. The number of hydrogen-bond acceptors (Lipinski definition) is 2. The smallest absolute Gasteiger partial charge is 0.0883 e. The van der Waals surface area contributed by atoms with E-state index in [0.29, 0.717) is 0 Å². The molecule has 0 atom stereocenters. The second-order valence-corrected chi connectivity index (χ2v) is 1.25. The third-order valence-corrected chi connectivity index (χ3v) is 0.387. The highest BCUT2D eigenvalue weighted by Gasteiger charge is 1.55. The number of aliphatic hydroxyl groups excluding tert-OH is 1. The lowest BCUT2D eigenvalue weighted by atomic mass is 11.7. The largest absolute Gasteiger partial charge is 0.386 e. The van der Waals surface area contributed by atoms with Crippen molar-refractivity contribution in [3.63, 3.8) is 0 Å². The van der Waals surface area contributed by atoms with E-state index in [2.05, 4.69) is 0 Å². The minimum Gasteiger partial charge on any atom is -0.386 e. The lowest BCUT2D eigenvalue weighted by molar-refractivity contribution is 0.376. The third-order valence-electron chi connectivity index (χ3n) is 0.129. The van der Waals surface area contributed by atoms with Gasteiger partial charge in [0.05, 0.1) is 5.94 Å². The van der Waals surface area contributed by atoms with Crippen molar-refractivity contribution in [3.8, 4) is 0 Å². The molecule has 0 aromatic carbocycles. The van der Waals surface area contributed by atoms with Crippen molar-refractivity contribution >= 4 is 11.8 Å². The predicted molar refractivity (Wildman–Crippen MR) is 20.6 cm³/mol. The minimum atomic E-state index is 0.236. The van der Waals surface area contributed by atoms with Gasteiger partial charge in [0.15, 0.2) is 0 Å². The van der Waals surface area contributed by atoms with Crippen molar-refractivity contribution in [1.82, 2.24) is 0 Å². The van der Waals surface area contributed by atoms with E-state index < -0.39 is 0 Å². The summed E-state index contributed by atoms with van der Waals surface area (Å²) in [6.45, 7) is 0. The summed E-state index contributed by atoms with van der Waals surface area (Å²) >= 11 is 1.41. The summed E-state index contributed by atoms with van der Waals surface area (Å²) < 4.78 is 0. The Labute approximate surface area is 30.0 Å². The molecule has 1 N–H and O–H groups in total. The van der Waals surface area contributed by atoms with E-state index in [4.69, 9.17) is 5.11 Å². The molecule has 0 amide bonds. The van der Waals surface area contributed by atoms with Crippen molar-refractivity contribution in [3.05, 3.63) is 0 Å². The van der Waals surface area contributed by atoms with Gasteiger partial charge in [-0.1, -0.05) is 0 Å². The third kappa shape index (κ3) is 2.31. The van der Waals surface area contributed by atoms with Crippen LogP contribution in [0.15, 0.2) is 0 Å². The summed E-state index contributed by atoms with van der Waals surface area (Å²) in [5.41, 5.74) is 0. The fourth-order valence-corrected chi connectivity index (χ4v) is 0. The Balaban J connectivity index is 1.97. The molecule has 0 unspecified atom stereocenters. The highest BCUT2D eigenvalue weighted by Crippen LogP contribution is 1.80. The van der Waals surface area contributed by atoms with Gasteiger partial charge in [-0.15, -0.1) is 11.8 Å². The van der Waals surface area contributed by atoms with E-state index >= 15 is 0 Å². The fraction of sp³-hybridized carbons (Fsp3) is 1.00. The molecule has 0 fully saturated rings. The lowest BCUT2D eigenvalue weighted by Gasteiger charge is -1.70. The minimum absolute atomic E-state index is 0.236. The van der Waals surface area contributed by atoms with Crippen LogP contribution in [0.1, 0.15) is 0 Å². The van der Waals surface area contributed by atoms with Gasteiger partial charge < -0.3 is 5.11 Å². The highest BCUT2D eigenvalue weighted by atomic mass is 32.2. The topological polar surface area (TPSA) is 20.2 Å². The van der Waals surface area contributed by atoms with Gasteiger partial charge in [-0.05, 0) is 6.26 Å². The van der Waals surface area contributed by atoms with E-state index in [0.717, 1.165) is 0 Å². The zero-order chi connectivity index (χ0) is 3.41. The number of thioether (sulfide) groups is 1. The second kappa shape index (κ2) is 3.31. The molecule has 0 saturated carbocycles. The maximum Gasteiger partial charge on any atom is 0.0883 e. The summed E-state index contributed by atoms with van der Waals surface area (Å²) in [6.07, 6.45) is 1.85. The van der Waals surface area contributed by atoms with Crippen molar-refractivity contribution < 1.29 is 5.11 Å². The van der Waals surface area contributed by atoms with Crippen LogP contribution >= 0.6 is 11.8 Å². The van der Waals surface area contributed by atoms with Crippen LogP contribution in [0.4, 0.5) is 0 Å². The number of rotatable bonds is 1. The Morgan fingerprint density at radius 3 is 2.25 bits per heavy atom. The van der Waals surface area contributed by atoms with Gasteiger partial charge in [0, 0.05) is 0 Å². The van der Waals surface area contributed by atoms with Crippen molar-refractivity contribution in [2.45, 2.75) is 0 Å². The first-order valence-electron chi connectivity index (χ1n) is 1.01. The van der Waals surface area contributed by atoms with Gasteiger partial charge in [0.1, 0.15) is 0 Å². The number of hydrogen-bond donors (Lipinski definition) is 1. The molecule has 0 bridgehead atoms. The van der Waals surface area contributed by atoms with Crippen LogP contribution in [0.3, 0.4) is 0 Å². The molecular weight excluding hydrogens is 72.1 g/mol. The molecule has 0 spiro atoms. The van der Waals surface area contributed by atoms with Crippen LogP contribution in [0, 0.1) is 0 Å². The molecule has 0 aliphatic carbocycles. The summed E-state index contributed by atoms with van der Waals surface area (Å²) in [4.78, 5) is 0. The van der Waals surface area contributed by atoms with Crippen LogP contribution in [-0.4, -0.2) is 17.3 Å². The quantitative estimate of drug-likeness (QED) is 0.455. The maximum absolute atomic E-state index is 7.84. The maximum atomic E-state index is 7.84. The van der Waals surface area contributed by atoms with Gasteiger partial charge in [-0.3, -0.25) is 0 Å². The van der Waals surface area contributed by atoms with Gasteiger partial charge in [-0.2, -0.15) is 0 Å². The summed E-state index contributed by atoms with van der Waals surface area (Å²) in [5, 5.41) is 7.84. The zero-order valence-electron chi connectivity index (χ0n) is 2.56. The van der Waals surface area contributed by atoms with Crippen LogP contribution in [0.5, 0.6) is 0 Å². The van der Waals surface area contributed by atoms with E-state index in [1.165, 1.54) is 11.8 Å². The molecule has 0 radical (unpaired) electrons. The summed E-state index contributed by atoms with van der Waals surface area (Å²) in [5.74, 6) is 0.236. The zero-order valence-corrected chi connectivity index (χ0v) is 3.38.